The Morgan fingerprint density at radius 1 is 1.53 bits per heavy atom. The summed E-state index contributed by atoms with van der Waals surface area (Å²) in [6, 6.07) is 5.59. The molecule has 0 aromatic heterocycles. The predicted octanol–water partition coefficient (Wildman–Crippen LogP) is 2.63. The van der Waals surface area contributed by atoms with Crippen molar-refractivity contribution in [3.05, 3.63) is 23.8 Å². The van der Waals surface area contributed by atoms with Crippen LogP contribution in [0.25, 0.3) is 0 Å². The second-order valence-corrected chi connectivity index (χ2v) is 5.16. The number of ether oxygens (including phenoxy) is 2. The van der Waals surface area contributed by atoms with E-state index < -0.39 is 6.10 Å². The number of fused-ring (bicyclic) bond motifs is 1. The molecule has 3 nitrogen and oxygen atoms in total. The highest BCUT2D eigenvalue weighted by molar-refractivity contribution is 7.98. The second kappa shape index (κ2) is 5.65. The molecule has 1 aromatic rings. The zero-order valence-corrected chi connectivity index (χ0v) is 11.0. The lowest BCUT2D eigenvalue weighted by molar-refractivity contribution is 0.0646. The molecule has 1 heterocycles. The number of thioether (sulfide) groups is 1. The third-order valence-electron chi connectivity index (χ3n) is 3.00. The molecule has 1 N–H and O–H groups in total. The van der Waals surface area contributed by atoms with Crippen molar-refractivity contribution in [2.45, 2.75) is 25.0 Å². The first kappa shape index (κ1) is 12.6. The molecule has 1 unspecified atom stereocenters. The molecule has 4 heteroatoms. The van der Waals surface area contributed by atoms with Gasteiger partial charge in [-0.05, 0) is 36.6 Å². The molecule has 2 rings (SSSR count). The van der Waals surface area contributed by atoms with Gasteiger partial charge in [0.15, 0.2) is 0 Å². The largest absolute Gasteiger partial charge is 0.497 e. The molecule has 0 aliphatic carbocycles. The van der Waals surface area contributed by atoms with Crippen LogP contribution in [0.15, 0.2) is 18.2 Å². The first-order chi connectivity index (χ1) is 8.24. The molecular formula is C13H18O3S. The molecule has 1 aromatic carbocycles. The van der Waals surface area contributed by atoms with Crippen LogP contribution >= 0.6 is 11.8 Å². The van der Waals surface area contributed by atoms with Crippen LogP contribution in [0.3, 0.4) is 0 Å². The number of aliphatic hydroxyl groups is 1. The summed E-state index contributed by atoms with van der Waals surface area (Å²) in [6.07, 6.45) is 3.40. The van der Waals surface area contributed by atoms with Gasteiger partial charge in [0.2, 0.25) is 0 Å². The van der Waals surface area contributed by atoms with E-state index in [1.165, 1.54) is 0 Å². The fourth-order valence-corrected chi connectivity index (χ4v) is 2.55. The van der Waals surface area contributed by atoms with E-state index in [1.807, 2.05) is 18.2 Å². The number of rotatable bonds is 4. The van der Waals surface area contributed by atoms with Gasteiger partial charge in [-0.15, -0.1) is 0 Å². The van der Waals surface area contributed by atoms with Crippen molar-refractivity contribution in [3.8, 4) is 11.5 Å². The fourth-order valence-electron chi connectivity index (χ4n) is 2.05. The van der Waals surface area contributed by atoms with Crippen molar-refractivity contribution in [3.63, 3.8) is 0 Å². The Hall–Kier alpha value is -0.870. The van der Waals surface area contributed by atoms with Crippen molar-refractivity contribution in [2.24, 2.45) is 0 Å². The van der Waals surface area contributed by atoms with Gasteiger partial charge >= 0.3 is 0 Å². The maximum Gasteiger partial charge on any atom is 0.125 e. The molecule has 0 bridgehead atoms. The summed E-state index contributed by atoms with van der Waals surface area (Å²) in [7, 11) is 1.62. The summed E-state index contributed by atoms with van der Waals surface area (Å²) in [4.78, 5) is 0. The van der Waals surface area contributed by atoms with Gasteiger partial charge in [0, 0.05) is 12.0 Å². The highest BCUT2D eigenvalue weighted by Crippen LogP contribution is 2.37. The predicted molar refractivity (Wildman–Crippen MR) is 70.0 cm³/mol. The van der Waals surface area contributed by atoms with E-state index in [-0.39, 0.29) is 6.10 Å². The summed E-state index contributed by atoms with van der Waals surface area (Å²) in [5, 5.41) is 10.1. The summed E-state index contributed by atoms with van der Waals surface area (Å²) >= 11 is 1.80. The van der Waals surface area contributed by atoms with Gasteiger partial charge in [0.1, 0.15) is 17.6 Å². The van der Waals surface area contributed by atoms with Gasteiger partial charge in [-0.2, -0.15) is 11.8 Å². The minimum absolute atomic E-state index is 0.123. The molecule has 94 valence electrons. The molecule has 17 heavy (non-hydrogen) atoms. The molecule has 2 atom stereocenters. The van der Waals surface area contributed by atoms with Crippen molar-refractivity contribution in [1.29, 1.82) is 0 Å². The molecule has 1 aliphatic heterocycles. The summed E-state index contributed by atoms with van der Waals surface area (Å²) in [5.41, 5.74) is 0.838. The summed E-state index contributed by atoms with van der Waals surface area (Å²) in [5.74, 6) is 2.60. The molecule has 0 spiro atoms. The first-order valence-electron chi connectivity index (χ1n) is 5.76. The lowest BCUT2D eigenvalue weighted by Gasteiger charge is -2.29. The number of methoxy groups -OCH3 is 1. The van der Waals surface area contributed by atoms with Crippen molar-refractivity contribution in [2.75, 3.05) is 19.1 Å². The maximum atomic E-state index is 10.1. The fraction of sp³-hybridized carbons (Fsp3) is 0.538. The highest BCUT2D eigenvalue weighted by atomic mass is 32.2. The number of hydrogen-bond donors (Lipinski definition) is 1. The Balaban J connectivity index is 2.14. The maximum absolute atomic E-state index is 10.1. The van der Waals surface area contributed by atoms with Crippen molar-refractivity contribution in [1.82, 2.24) is 0 Å². The monoisotopic (exact) mass is 254 g/mol. The molecule has 0 amide bonds. The van der Waals surface area contributed by atoms with E-state index in [0.29, 0.717) is 6.42 Å². The molecule has 0 fully saturated rings. The number of aliphatic hydroxyl groups excluding tert-OH is 1. The minimum Gasteiger partial charge on any atom is -0.497 e. The van der Waals surface area contributed by atoms with Gasteiger partial charge in [0.25, 0.3) is 0 Å². The summed E-state index contributed by atoms with van der Waals surface area (Å²) in [6.45, 7) is 0. The average molecular weight is 254 g/mol. The van der Waals surface area contributed by atoms with Crippen LogP contribution in [0.1, 0.15) is 24.5 Å². The SMILES string of the molecule is COc1ccc2c(c1)[C@@H](O)CC(CCSC)O2. The normalized spacial score (nSPS) is 22.8. The lowest BCUT2D eigenvalue weighted by Crippen LogP contribution is -2.26. The van der Waals surface area contributed by atoms with Gasteiger partial charge in [-0.25, -0.2) is 0 Å². The van der Waals surface area contributed by atoms with Crippen LogP contribution < -0.4 is 9.47 Å². The molecule has 1 aliphatic rings. The van der Waals surface area contributed by atoms with Gasteiger partial charge < -0.3 is 14.6 Å². The molecule has 0 saturated heterocycles. The molecule has 0 radical (unpaired) electrons. The van der Waals surface area contributed by atoms with E-state index in [4.69, 9.17) is 9.47 Å². The third-order valence-corrected chi connectivity index (χ3v) is 3.64. The van der Waals surface area contributed by atoms with Crippen LogP contribution in [0, 0.1) is 0 Å². The lowest BCUT2D eigenvalue weighted by atomic mass is 9.97. The van der Waals surface area contributed by atoms with Crippen LogP contribution in [0.2, 0.25) is 0 Å². The zero-order chi connectivity index (χ0) is 12.3. The van der Waals surface area contributed by atoms with Gasteiger partial charge in [0.05, 0.1) is 13.2 Å². The van der Waals surface area contributed by atoms with E-state index >= 15 is 0 Å². The quantitative estimate of drug-likeness (QED) is 0.896. The zero-order valence-electron chi connectivity index (χ0n) is 10.2. The van der Waals surface area contributed by atoms with Gasteiger partial charge in [-0.3, -0.25) is 0 Å². The Kier molecular flexibility index (Phi) is 4.18. The number of benzene rings is 1. The first-order valence-corrected chi connectivity index (χ1v) is 7.15. The van der Waals surface area contributed by atoms with E-state index in [2.05, 4.69) is 6.26 Å². The van der Waals surface area contributed by atoms with E-state index in [1.54, 1.807) is 18.9 Å². The molecular weight excluding hydrogens is 236 g/mol. The number of hydrogen-bond acceptors (Lipinski definition) is 4. The van der Waals surface area contributed by atoms with Crippen LogP contribution in [0.4, 0.5) is 0 Å². The molecule has 0 saturated carbocycles. The standard InChI is InChI=1S/C13H18O3S/c1-15-9-3-4-13-11(7-9)12(14)8-10(16-13)5-6-17-2/h3-4,7,10,12,14H,5-6,8H2,1-2H3/t10?,12-/m0/s1. The smallest absolute Gasteiger partial charge is 0.125 e. The van der Waals surface area contributed by atoms with E-state index in [0.717, 1.165) is 29.2 Å². The Morgan fingerprint density at radius 3 is 3.06 bits per heavy atom. The Labute approximate surface area is 106 Å². The second-order valence-electron chi connectivity index (χ2n) is 4.18. The van der Waals surface area contributed by atoms with E-state index in [9.17, 15) is 5.11 Å². The van der Waals surface area contributed by atoms with Crippen molar-refractivity contribution < 1.29 is 14.6 Å². The summed E-state index contributed by atoms with van der Waals surface area (Å²) < 4.78 is 11.0. The topological polar surface area (TPSA) is 38.7 Å². The Morgan fingerprint density at radius 2 is 2.35 bits per heavy atom. The highest BCUT2D eigenvalue weighted by Gasteiger charge is 2.26. The van der Waals surface area contributed by atoms with Crippen LogP contribution in [0.5, 0.6) is 11.5 Å². The Bertz CT molecular complexity index is 381. The van der Waals surface area contributed by atoms with Crippen LogP contribution in [-0.4, -0.2) is 30.3 Å². The van der Waals surface area contributed by atoms with Crippen molar-refractivity contribution >= 4 is 11.8 Å². The average Bonchev–Trinajstić information content (AvgIpc) is 2.36. The minimum atomic E-state index is -0.444. The van der Waals surface area contributed by atoms with Gasteiger partial charge in [-0.1, -0.05) is 0 Å². The van der Waals surface area contributed by atoms with Crippen LogP contribution in [-0.2, 0) is 0 Å². The third kappa shape index (κ3) is 2.87.